The molecular formula is C12H21N3O3. The van der Waals surface area contributed by atoms with Gasteiger partial charge < -0.3 is 20.7 Å². The van der Waals surface area contributed by atoms with Crippen molar-refractivity contribution in [3.05, 3.63) is 0 Å². The molecule has 2 fully saturated rings. The van der Waals surface area contributed by atoms with Crippen LogP contribution in [0.5, 0.6) is 0 Å². The van der Waals surface area contributed by atoms with Crippen LogP contribution in [-0.2, 0) is 14.3 Å². The van der Waals surface area contributed by atoms with E-state index in [9.17, 15) is 9.59 Å². The minimum Gasteiger partial charge on any atom is -0.379 e. The number of nitrogens with one attached hydrogen (secondary N) is 3. The summed E-state index contributed by atoms with van der Waals surface area (Å²) >= 11 is 0. The van der Waals surface area contributed by atoms with Gasteiger partial charge in [-0.1, -0.05) is 0 Å². The fourth-order valence-electron chi connectivity index (χ4n) is 2.04. The highest BCUT2D eigenvalue weighted by Crippen LogP contribution is 2.18. The van der Waals surface area contributed by atoms with E-state index in [0.29, 0.717) is 19.3 Å². The third kappa shape index (κ3) is 3.20. The minimum atomic E-state index is -0.490. The number of carbonyl (C=O) groups excluding carboxylic acids is 2. The molecule has 0 aromatic heterocycles. The third-order valence-electron chi connectivity index (χ3n) is 3.46. The maximum absolute atomic E-state index is 12.0. The molecule has 0 spiro atoms. The van der Waals surface area contributed by atoms with Crippen LogP contribution < -0.4 is 16.0 Å². The first-order valence-electron chi connectivity index (χ1n) is 6.47. The zero-order valence-corrected chi connectivity index (χ0v) is 10.9. The SMILES string of the molecule is CNC1COCC1C(=O)NC(C)C(=O)NC1CC1. The molecule has 102 valence electrons. The lowest BCUT2D eigenvalue weighted by molar-refractivity contribution is -0.131. The van der Waals surface area contributed by atoms with Crippen molar-refractivity contribution >= 4 is 11.8 Å². The molecule has 6 nitrogen and oxygen atoms in total. The highest BCUT2D eigenvalue weighted by Gasteiger charge is 2.34. The number of hydrogen-bond donors (Lipinski definition) is 3. The van der Waals surface area contributed by atoms with Crippen molar-refractivity contribution in [3.63, 3.8) is 0 Å². The molecule has 1 aliphatic carbocycles. The minimum absolute atomic E-state index is 0.0312. The molecule has 3 N–H and O–H groups in total. The largest absolute Gasteiger partial charge is 0.379 e. The smallest absolute Gasteiger partial charge is 0.242 e. The highest BCUT2D eigenvalue weighted by atomic mass is 16.5. The van der Waals surface area contributed by atoms with Crippen LogP contribution in [0.1, 0.15) is 19.8 Å². The van der Waals surface area contributed by atoms with Crippen LogP contribution in [0.25, 0.3) is 0 Å². The Hall–Kier alpha value is -1.14. The Bertz CT molecular complexity index is 331. The van der Waals surface area contributed by atoms with Crippen LogP contribution in [0.2, 0.25) is 0 Å². The Morgan fingerprint density at radius 2 is 2.00 bits per heavy atom. The fourth-order valence-corrected chi connectivity index (χ4v) is 2.04. The molecule has 2 rings (SSSR count). The van der Waals surface area contributed by atoms with E-state index in [-0.39, 0.29) is 23.8 Å². The van der Waals surface area contributed by atoms with Crippen LogP contribution in [0.3, 0.4) is 0 Å². The average molecular weight is 255 g/mol. The number of rotatable bonds is 5. The Labute approximate surface area is 107 Å². The molecule has 6 heteroatoms. The monoisotopic (exact) mass is 255 g/mol. The Morgan fingerprint density at radius 3 is 2.61 bits per heavy atom. The molecule has 1 heterocycles. The van der Waals surface area contributed by atoms with Crippen LogP contribution in [0.15, 0.2) is 0 Å². The second-order valence-electron chi connectivity index (χ2n) is 5.05. The molecule has 0 aromatic carbocycles. The molecule has 0 radical (unpaired) electrons. The summed E-state index contributed by atoms with van der Waals surface area (Å²) in [5.41, 5.74) is 0. The van der Waals surface area contributed by atoms with E-state index in [1.165, 1.54) is 0 Å². The summed E-state index contributed by atoms with van der Waals surface area (Å²) in [5, 5.41) is 8.68. The van der Waals surface area contributed by atoms with Gasteiger partial charge in [0.15, 0.2) is 0 Å². The van der Waals surface area contributed by atoms with E-state index in [1.807, 2.05) is 7.05 Å². The Morgan fingerprint density at radius 1 is 1.28 bits per heavy atom. The van der Waals surface area contributed by atoms with Crippen molar-refractivity contribution in [3.8, 4) is 0 Å². The summed E-state index contributed by atoms with van der Waals surface area (Å²) in [7, 11) is 1.81. The van der Waals surface area contributed by atoms with Gasteiger partial charge in [0.1, 0.15) is 6.04 Å². The van der Waals surface area contributed by atoms with Crippen molar-refractivity contribution in [1.29, 1.82) is 0 Å². The van der Waals surface area contributed by atoms with Crippen molar-refractivity contribution in [2.24, 2.45) is 5.92 Å². The van der Waals surface area contributed by atoms with Gasteiger partial charge in [0.25, 0.3) is 0 Å². The molecule has 3 unspecified atom stereocenters. The van der Waals surface area contributed by atoms with Crippen LogP contribution in [-0.4, -0.2) is 50.2 Å². The van der Waals surface area contributed by atoms with Crippen LogP contribution in [0.4, 0.5) is 0 Å². The number of likely N-dealkylation sites (N-methyl/N-ethyl adjacent to an activating group) is 1. The highest BCUT2D eigenvalue weighted by molar-refractivity contribution is 5.88. The van der Waals surface area contributed by atoms with E-state index < -0.39 is 6.04 Å². The Kier molecular flexibility index (Phi) is 4.19. The van der Waals surface area contributed by atoms with Gasteiger partial charge in [0, 0.05) is 12.1 Å². The van der Waals surface area contributed by atoms with Crippen LogP contribution in [0, 0.1) is 5.92 Å². The van der Waals surface area contributed by atoms with Crippen molar-refractivity contribution in [1.82, 2.24) is 16.0 Å². The predicted molar refractivity (Wildman–Crippen MR) is 65.9 cm³/mol. The van der Waals surface area contributed by atoms with Gasteiger partial charge in [0.2, 0.25) is 11.8 Å². The van der Waals surface area contributed by atoms with E-state index >= 15 is 0 Å². The van der Waals surface area contributed by atoms with Crippen molar-refractivity contribution < 1.29 is 14.3 Å². The van der Waals surface area contributed by atoms with Gasteiger partial charge in [-0.25, -0.2) is 0 Å². The topological polar surface area (TPSA) is 79.5 Å². The lowest BCUT2D eigenvalue weighted by Gasteiger charge is -2.19. The molecule has 1 aliphatic heterocycles. The molecule has 3 atom stereocenters. The zero-order chi connectivity index (χ0) is 13.1. The van der Waals surface area contributed by atoms with Gasteiger partial charge in [-0.15, -0.1) is 0 Å². The van der Waals surface area contributed by atoms with E-state index in [2.05, 4.69) is 16.0 Å². The quantitative estimate of drug-likeness (QED) is 0.589. The first-order chi connectivity index (χ1) is 8.61. The first kappa shape index (κ1) is 13.3. The average Bonchev–Trinajstić information content (AvgIpc) is 3.02. The maximum Gasteiger partial charge on any atom is 0.242 e. The molecule has 1 saturated heterocycles. The summed E-state index contributed by atoms with van der Waals surface area (Å²) < 4.78 is 5.27. The Balaban J connectivity index is 1.80. The van der Waals surface area contributed by atoms with Crippen molar-refractivity contribution in [2.45, 2.75) is 37.9 Å². The van der Waals surface area contributed by atoms with Gasteiger partial charge in [0.05, 0.1) is 19.1 Å². The molecule has 1 saturated carbocycles. The molecule has 0 aromatic rings. The molecule has 2 amide bonds. The number of carbonyl (C=O) groups is 2. The molecule has 0 bridgehead atoms. The zero-order valence-electron chi connectivity index (χ0n) is 10.9. The van der Waals surface area contributed by atoms with E-state index in [0.717, 1.165) is 12.8 Å². The second kappa shape index (κ2) is 5.67. The summed E-state index contributed by atoms with van der Waals surface area (Å²) in [6.45, 7) is 2.66. The maximum atomic E-state index is 12.0. The molecular weight excluding hydrogens is 234 g/mol. The van der Waals surface area contributed by atoms with Crippen LogP contribution >= 0.6 is 0 Å². The van der Waals surface area contributed by atoms with E-state index in [1.54, 1.807) is 6.92 Å². The summed E-state index contributed by atoms with van der Waals surface area (Å²) in [5.74, 6) is -0.442. The summed E-state index contributed by atoms with van der Waals surface area (Å²) in [6, 6.07) is -0.142. The summed E-state index contributed by atoms with van der Waals surface area (Å²) in [4.78, 5) is 23.7. The number of amides is 2. The first-order valence-corrected chi connectivity index (χ1v) is 6.47. The van der Waals surface area contributed by atoms with Crippen molar-refractivity contribution in [2.75, 3.05) is 20.3 Å². The fraction of sp³-hybridized carbons (Fsp3) is 0.833. The molecule has 2 aliphatic rings. The molecule has 18 heavy (non-hydrogen) atoms. The lowest BCUT2D eigenvalue weighted by Crippen LogP contribution is -2.50. The lowest BCUT2D eigenvalue weighted by atomic mass is 10.0. The predicted octanol–water partition coefficient (Wildman–Crippen LogP) is -0.996. The van der Waals surface area contributed by atoms with Gasteiger partial charge in [-0.2, -0.15) is 0 Å². The number of ether oxygens (including phenoxy) is 1. The van der Waals surface area contributed by atoms with E-state index in [4.69, 9.17) is 4.74 Å². The van der Waals surface area contributed by atoms with Gasteiger partial charge in [-0.05, 0) is 26.8 Å². The summed E-state index contributed by atoms with van der Waals surface area (Å²) in [6.07, 6.45) is 2.09. The van der Waals surface area contributed by atoms with Gasteiger partial charge >= 0.3 is 0 Å². The standard InChI is InChI=1S/C12H21N3O3/c1-7(11(16)15-8-3-4-8)14-12(17)9-5-18-6-10(9)13-2/h7-10,13H,3-6H2,1-2H3,(H,14,17)(H,15,16). The normalized spacial score (nSPS) is 28.8. The second-order valence-corrected chi connectivity index (χ2v) is 5.05. The third-order valence-corrected chi connectivity index (χ3v) is 3.46. The number of hydrogen-bond acceptors (Lipinski definition) is 4. The van der Waals surface area contributed by atoms with Gasteiger partial charge in [-0.3, -0.25) is 9.59 Å².